The van der Waals surface area contributed by atoms with Crippen LogP contribution >= 0.6 is 0 Å². The maximum atomic E-state index is 12.8. The van der Waals surface area contributed by atoms with Crippen molar-refractivity contribution in [2.45, 2.75) is 25.2 Å². The summed E-state index contributed by atoms with van der Waals surface area (Å²) >= 11 is 0. The number of esters is 1. The molecule has 2 aromatic rings. The van der Waals surface area contributed by atoms with Gasteiger partial charge in [0.05, 0.1) is 7.11 Å². The lowest BCUT2D eigenvalue weighted by molar-refractivity contribution is -0.141. The Bertz CT molecular complexity index is 926. The average molecular weight is 424 g/mol. The van der Waals surface area contributed by atoms with E-state index in [0.29, 0.717) is 5.75 Å². The van der Waals surface area contributed by atoms with Crippen molar-refractivity contribution in [2.24, 2.45) is 0 Å². The van der Waals surface area contributed by atoms with Crippen molar-refractivity contribution in [1.29, 1.82) is 0 Å². The molecule has 0 fully saturated rings. The summed E-state index contributed by atoms with van der Waals surface area (Å²) in [6.07, 6.45) is 4.80. The van der Waals surface area contributed by atoms with Gasteiger partial charge in [-0.2, -0.15) is 0 Å². The minimum atomic E-state index is -1.59. The van der Waals surface area contributed by atoms with Crippen molar-refractivity contribution in [3.8, 4) is 18.1 Å². The van der Waals surface area contributed by atoms with Crippen molar-refractivity contribution in [3.05, 3.63) is 66.2 Å². The largest absolute Gasteiger partial charge is 0.472 e. The summed E-state index contributed by atoms with van der Waals surface area (Å²) in [7, 11) is 1.19. The molecule has 162 valence electrons. The van der Waals surface area contributed by atoms with E-state index in [1.54, 1.807) is 42.5 Å². The van der Waals surface area contributed by atoms with E-state index in [4.69, 9.17) is 15.9 Å². The maximum absolute atomic E-state index is 12.8. The quantitative estimate of drug-likeness (QED) is 0.472. The van der Waals surface area contributed by atoms with E-state index in [0.717, 1.165) is 5.56 Å². The number of para-hydroxylation sites is 1. The lowest BCUT2D eigenvalue weighted by Crippen LogP contribution is -2.61. The molecule has 0 unspecified atom stereocenters. The summed E-state index contributed by atoms with van der Waals surface area (Å²) in [6, 6.07) is 16.2. The number of alkyl carbamates (subject to hydrolysis) is 1. The third kappa shape index (κ3) is 7.08. The molecule has 0 spiro atoms. The fourth-order valence-electron chi connectivity index (χ4n) is 2.57. The lowest BCUT2D eigenvalue weighted by atomic mass is 9.96. The minimum Gasteiger partial charge on any atom is -0.472 e. The average Bonchev–Trinajstić information content (AvgIpc) is 2.80. The molecule has 2 aromatic carbocycles. The van der Waals surface area contributed by atoms with E-state index in [1.165, 1.54) is 14.0 Å². The molecule has 0 heterocycles. The van der Waals surface area contributed by atoms with Crippen LogP contribution in [0.4, 0.5) is 4.79 Å². The van der Waals surface area contributed by atoms with Gasteiger partial charge in [0, 0.05) is 0 Å². The van der Waals surface area contributed by atoms with Crippen LogP contribution in [0.2, 0.25) is 0 Å². The summed E-state index contributed by atoms with van der Waals surface area (Å²) < 4.78 is 15.6. The summed E-state index contributed by atoms with van der Waals surface area (Å²) in [5.74, 6) is 1.42. The molecule has 31 heavy (non-hydrogen) atoms. The molecular weight excluding hydrogens is 400 g/mol. The van der Waals surface area contributed by atoms with Crippen LogP contribution in [0, 0.1) is 12.3 Å². The normalized spacial score (nSPS) is 12.9. The Hall–Kier alpha value is -3.99. The predicted molar refractivity (Wildman–Crippen MR) is 113 cm³/mol. The summed E-state index contributed by atoms with van der Waals surface area (Å²) in [4.78, 5) is 36.6. The third-order valence-corrected chi connectivity index (χ3v) is 4.28. The molecule has 0 radical (unpaired) electrons. The van der Waals surface area contributed by atoms with Crippen LogP contribution in [0.5, 0.6) is 5.75 Å². The van der Waals surface area contributed by atoms with Crippen LogP contribution in [0.15, 0.2) is 60.7 Å². The molecule has 0 aromatic heterocycles. The minimum absolute atomic E-state index is 0.00448. The van der Waals surface area contributed by atoms with Gasteiger partial charge in [0.1, 0.15) is 18.9 Å². The number of carbonyl (C=O) groups is 3. The van der Waals surface area contributed by atoms with Gasteiger partial charge in [0.25, 0.3) is 0 Å². The lowest BCUT2D eigenvalue weighted by Gasteiger charge is -2.33. The highest BCUT2D eigenvalue weighted by atomic mass is 16.6. The molecule has 8 nitrogen and oxygen atoms in total. The summed E-state index contributed by atoms with van der Waals surface area (Å²) in [5.41, 5.74) is -0.822. The topological polar surface area (TPSA) is 103 Å². The molecular formula is C23H24N2O6. The Morgan fingerprint density at radius 3 is 2.26 bits per heavy atom. The van der Waals surface area contributed by atoms with Gasteiger partial charge in [0.15, 0.2) is 11.6 Å². The zero-order valence-electron chi connectivity index (χ0n) is 17.3. The number of amides is 2. The third-order valence-electron chi connectivity index (χ3n) is 4.28. The first-order chi connectivity index (χ1) is 14.9. The Balaban J connectivity index is 2.17. The van der Waals surface area contributed by atoms with Crippen LogP contribution in [0.25, 0.3) is 0 Å². The molecule has 2 rings (SSSR count). The Morgan fingerprint density at radius 1 is 1.06 bits per heavy atom. The van der Waals surface area contributed by atoms with Crippen LogP contribution < -0.4 is 15.4 Å². The van der Waals surface area contributed by atoms with Crippen LogP contribution in [-0.4, -0.2) is 43.3 Å². The van der Waals surface area contributed by atoms with E-state index in [-0.39, 0.29) is 6.61 Å². The van der Waals surface area contributed by atoms with Gasteiger partial charge in [-0.25, -0.2) is 4.79 Å². The molecule has 2 amide bonds. The van der Waals surface area contributed by atoms with Gasteiger partial charge >= 0.3 is 12.1 Å². The first-order valence-electron chi connectivity index (χ1n) is 9.41. The van der Waals surface area contributed by atoms with Crippen LogP contribution in [0.3, 0.4) is 0 Å². The van der Waals surface area contributed by atoms with Gasteiger partial charge in [-0.3, -0.25) is 9.59 Å². The number of carbonyl (C=O) groups excluding carboxylic acids is 3. The zero-order chi connectivity index (χ0) is 22.7. The SMILES string of the molecule is C#C[C@@](C)(Oc1ccccc1)[C@H](NC(=O)OCc1ccccc1)C(=O)NCC(=O)OC. The highest BCUT2D eigenvalue weighted by Crippen LogP contribution is 2.21. The molecule has 0 saturated carbocycles. The number of rotatable bonds is 9. The van der Waals surface area contributed by atoms with Crippen molar-refractivity contribution >= 4 is 18.0 Å². The fraction of sp³-hybridized carbons (Fsp3) is 0.261. The Labute approximate surface area is 180 Å². The maximum Gasteiger partial charge on any atom is 0.408 e. The Morgan fingerprint density at radius 2 is 1.68 bits per heavy atom. The zero-order valence-corrected chi connectivity index (χ0v) is 17.3. The van der Waals surface area contributed by atoms with Crippen LogP contribution in [-0.2, 0) is 25.7 Å². The molecule has 0 aliphatic heterocycles. The van der Waals surface area contributed by atoms with Crippen molar-refractivity contribution < 1.29 is 28.6 Å². The highest BCUT2D eigenvalue weighted by Gasteiger charge is 2.42. The molecule has 0 aliphatic carbocycles. The van der Waals surface area contributed by atoms with Gasteiger partial charge in [-0.05, 0) is 24.6 Å². The number of nitrogens with one attached hydrogen (secondary N) is 2. The second-order valence-corrected chi connectivity index (χ2v) is 6.60. The van der Waals surface area contributed by atoms with Crippen LogP contribution in [0.1, 0.15) is 12.5 Å². The van der Waals surface area contributed by atoms with Crippen molar-refractivity contribution in [2.75, 3.05) is 13.7 Å². The van der Waals surface area contributed by atoms with E-state index < -0.39 is 36.2 Å². The van der Waals surface area contributed by atoms with Crippen molar-refractivity contribution in [3.63, 3.8) is 0 Å². The van der Waals surface area contributed by atoms with Gasteiger partial charge < -0.3 is 24.8 Å². The summed E-state index contributed by atoms with van der Waals surface area (Å²) in [5, 5.41) is 4.83. The fourth-order valence-corrected chi connectivity index (χ4v) is 2.57. The number of hydrogen-bond acceptors (Lipinski definition) is 6. The van der Waals surface area contributed by atoms with E-state index in [1.807, 2.05) is 18.2 Å². The molecule has 8 heteroatoms. The van der Waals surface area contributed by atoms with Gasteiger partial charge in [-0.1, -0.05) is 54.5 Å². The van der Waals surface area contributed by atoms with E-state index in [2.05, 4.69) is 21.3 Å². The molecule has 0 saturated heterocycles. The second-order valence-electron chi connectivity index (χ2n) is 6.60. The second kappa shape index (κ2) is 11.3. The molecule has 2 N–H and O–H groups in total. The van der Waals surface area contributed by atoms with E-state index in [9.17, 15) is 14.4 Å². The monoisotopic (exact) mass is 424 g/mol. The molecule has 0 aliphatic rings. The smallest absolute Gasteiger partial charge is 0.408 e. The number of benzene rings is 2. The number of hydrogen-bond donors (Lipinski definition) is 2. The number of ether oxygens (including phenoxy) is 3. The molecule has 0 bridgehead atoms. The van der Waals surface area contributed by atoms with Gasteiger partial charge in [-0.15, -0.1) is 6.42 Å². The number of methoxy groups -OCH3 is 1. The first kappa shape index (κ1) is 23.3. The summed E-state index contributed by atoms with van der Waals surface area (Å²) in [6.45, 7) is 1.06. The predicted octanol–water partition coefficient (Wildman–Crippen LogP) is 2.04. The van der Waals surface area contributed by atoms with Gasteiger partial charge in [0.2, 0.25) is 5.91 Å². The van der Waals surface area contributed by atoms with E-state index >= 15 is 0 Å². The standard InChI is InChI=1S/C23H24N2O6/c1-4-23(2,31-18-13-9-6-10-14-18)20(21(27)24-15-19(26)29-3)25-22(28)30-16-17-11-7-5-8-12-17/h1,5-14,20H,15-16H2,2-3H3,(H,24,27)(H,25,28)/t20-,23-/m1/s1. The first-order valence-corrected chi connectivity index (χ1v) is 9.41. The number of terminal acetylenes is 1. The molecule has 2 atom stereocenters. The highest BCUT2D eigenvalue weighted by molar-refractivity contribution is 5.90. The Kier molecular flexibility index (Phi) is 8.46. The van der Waals surface area contributed by atoms with Crippen molar-refractivity contribution in [1.82, 2.24) is 10.6 Å².